The molecular formula is C27H23ClFN3O4. The Hall–Kier alpha value is -4.04. The van der Waals surface area contributed by atoms with Gasteiger partial charge in [0.25, 0.3) is 0 Å². The summed E-state index contributed by atoms with van der Waals surface area (Å²) < 4.78 is 19.3. The second-order valence-corrected chi connectivity index (χ2v) is 9.03. The van der Waals surface area contributed by atoms with Gasteiger partial charge in [0.2, 0.25) is 5.91 Å². The van der Waals surface area contributed by atoms with Crippen LogP contribution in [0.3, 0.4) is 0 Å². The minimum absolute atomic E-state index is 0.0314. The molecule has 0 atom stereocenters. The molecule has 2 heterocycles. The quantitative estimate of drug-likeness (QED) is 0.341. The molecule has 1 amide bonds. The molecule has 1 aliphatic heterocycles. The number of fused-ring (bicyclic) bond motifs is 1. The topological polar surface area (TPSA) is 98.7 Å². The lowest BCUT2D eigenvalue weighted by atomic mass is 9.99. The summed E-state index contributed by atoms with van der Waals surface area (Å²) in [6.07, 6.45) is 0.834. The number of hydrogen-bond donors (Lipinski definition) is 3. The third kappa shape index (κ3) is 4.85. The van der Waals surface area contributed by atoms with Gasteiger partial charge in [-0.1, -0.05) is 48.0 Å². The molecule has 3 N–H and O–H groups in total. The standard InChI is InChI=1S/C27H23ClFN3O4/c28-20-12-18(23(33)13-24(20)34)27-19-14-32(10-9-22(19)30-31-27)26(35)11-16-5-7-17(8-6-16)15-36-25-4-2-1-3-21(25)29/h1-8,12-13,33-34H,9-11,14-15H2,(H,30,31). The lowest BCUT2D eigenvalue weighted by molar-refractivity contribution is -0.131. The van der Waals surface area contributed by atoms with Gasteiger partial charge in [-0.2, -0.15) is 5.10 Å². The lowest BCUT2D eigenvalue weighted by Gasteiger charge is -2.27. The van der Waals surface area contributed by atoms with Gasteiger partial charge in [0.05, 0.1) is 11.4 Å². The fraction of sp³-hybridized carbons (Fsp3) is 0.185. The van der Waals surface area contributed by atoms with Crippen molar-refractivity contribution in [2.45, 2.75) is 26.0 Å². The number of benzene rings is 3. The minimum Gasteiger partial charge on any atom is -0.507 e. The van der Waals surface area contributed by atoms with Gasteiger partial charge in [0.15, 0.2) is 11.6 Å². The average Bonchev–Trinajstić information content (AvgIpc) is 3.29. The van der Waals surface area contributed by atoms with Crippen LogP contribution in [0.4, 0.5) is 4.39 Å². The maximum Gasteiger partial charge on any atom is 0.227 e. The summed E-state index contributed by atoms with van der Waals surface area (Å²) in [5.74, 6) is -0.606. The van der Waals surface area contributed by atoms with Gasteiger partial charge in [0.1, 0.15) is 23.8 Å². The van der Waals surface area contributed by atoms with Gasteiger partial charge < -0.3 is 19.8 Å². The number of phenols is 2. The fourth-order valence-electron chi connectivity index (χ4n) is 4.23. The first kappa shape index (κ1) is 23.7. The molecule has 36 heavy (non-hydrogen) atoms. The van der Waals surface area contributed by atoms with Crippen molar-refractivity contribution in [3.63, 3.8) is 0 Å². The van der Waals surface area contributed by atoms with E-state index in [1.807, 2.05) is 24.3 Å². The Morgan fingerprint density at radius 1 is 1.08 bits per heavy atom. The van der Waals surface area contributed by atoms with Crippen LogP contribution in [0.25, 0.3) is 11.3 Å². The van der Waals surface area contributed by atoms with E-state index in [1.54, 1.807) is 23.1 Å². The van der Waals surface area contributed by atoms with Crippen LogP contribution in [0.5, 0.6) is 17.2 Å². The van der Waals surface area contributed by atoms with Gasteiger partial charge in [-0.3, -0.25) is 9.89 Å². The van der Waals surface area contributed by atoms with Crippen molar-refractivity contribution in [2.24, 2.45) is 0 Å². The number of hydrogen-bond acceptors (Lipinski definition) is 5. The molecule has 0 radical (unpaired) electrons. The van der Waals surface area contributed by atoms with Crippen LogP contribution >= 0.6 is 11.6 Å². The highest BCUT2D eigenvalue weighted by Crippen LogP contribution is 2.39. The van der Waals surface area contributed by atoms with Gasteiger partial charge in [0, 0.05) is 42.4 Å². The zero-order valence-corrected chi connectivity index (χ0v) is 19.9. The highest BCUT2D eigenvalue weighted by molar-refractivity contribution is 6.32. The molecule has 1 aliphatic rings. The Labute approximate surface area is 211 Å². The molecule has 5 rings (SSSR count). The smallest absolute Gasteiger partial charge is 0.227 e. The summed E-state index contributed by atoms with van der Waals surface area (Å²) in [6, 6.07) is 16.4. The van der Waals surface area contributed by atoms with E-state index in [-0.39, 0.29) is 41.2 Å². The van der Waals surface area contributed by atoms with Gasteiger partial charge >= 0.3 is 0 Å². The molecule has 184 valence electrons. The van der Waals surface area contributed by atoms with Crippen molar-refractivity contribution < 1.29 is 24.1 Å². The average molecular weight is 508 g/mol. The minimum atomic E-state index is -0.408. The lowest BCUT2D eigenvalue weighted by Crippen LogP contribution is -2.36. The van der Waals surface area contributed by atoms with Crippen LogP contribution in [0.15, 0.2) is 60.7 Å². The van der Waals surface area contributed by atoms with Crippen molar-refractivity contribution in [1.29, 1.82) is 0 Å². The molecule has 3 aromatic carbocycles. The Balaban J connectivity index is 1.24. The maximum atomic E-state index is 13.7. The number of halogens is 2. The van der Waals surface area contributed by atoms with E-state index in [9.17, 15) is 19.4 Å². The van der Waals surface area contributed by atoms with Crippen LogP contribution in [-0.4, -0.2) is 37.8 Å². The van der Waals surface area contributed by atoms with Crippen molar-refractivity contribution >= 4 is 17.5 Å². The van der Waals surface area contributed by atoms with Gasteiger partial charge in [-0.05, 0) is 29.3 Å². The predicted molar refractivity (Wildman–Crippen MR) is 132 cm³/mol. The third-order valence-electron chi connectivity index (χ3n) is 6.22. The van der Waals surface area contributed by atoms with Crippen molar-refractivity contribution in [3.05, 3.63) is 93.9 Å². The first-order chi connectivity index (χ1) is 17.4. The zero-order valence-electron chi connectivity index (χ0n) is 19.2. The van der Waals surface area contributed by atoms with E-state index in [4.69, 9.17) is 16.3 Å². The molecule has 1 aromatic heterocycles. The molecule has 0 unspecified atom stereocenters. The largest absolute Gasteiger partial charge is 0.507 e. The second kappa shape index (κ2) is 9.91. The van der Waals surface area contributed by atoms with Gasteiger partial charge in [-0.25, -0.2) is 4.39 Å². The van der Waals surface area contributed by atoms with Crippen LogP contribution in [-0.2, 0) is 30.8 Å². The highest BCUT2D eigenvalue weighted by Gasteiger charge is 2.27. The van der Waals surface area contributed by atoms with Crippen LogP contribution in [0.2, 0.25) is 5.02 Å². The van der Waals surface area contributed by atoms with Crippen molar-refractivity contribution in [2.75, 3.05) is 6.54 Å². The van der Waals surface area contributed by atoms with E-state index in [2.05, 4.69) is 10.2 Å². The summed E-state index contributed by atoms with van der Waals surface area (Å²) >= 11 is 6.04. The Bertz CT molecular complexity index is 1420. The molecule has 0 aliphatic carbocycles. The van der Waals surface area contributed by atoms with E-state index in [0.717, 1.165) is 22.4 Å². The maximum absolute atomic E-state index is 13.7. The SMILES string of the molecule is O=C(Cc1ccc(COc2ccccc2F)cc1)N1CCc2[nH]nc(-c3cc(Cl)c(O)cc3O)c2C1. The number of ether oxygens (including phenoxy) is 1. The summed E-state index contributed by atoms with van der Waals surface area (Å²) in [5, 5.41) is 27.5. The molecular weight excluding hydrogens is 485 g/mol. The van der Waals surface area contributed by atoms with Crippen LogP contribution < -0.4 is 4.74 Å². The second-order valence-electron chi connectivity index (χ2n) is 8.63. The molecule has 0 spiro atoms. The fourth-order valence-corrected chi connectivity index (χ4v) is 4.40. The monoisotopic (exact) mass is 507 g/mol. The number of aromatic nitrogens is 2. The molecule has 0 fully saturated rings. The molecule has 9 heteroatoms. The van der Waals surface area contributed by atoms with Crippen molar-refractivity contribution in [1.82, 2.24) is 15.1 Å². The van der Waals surface area contributed by atoms with E-state index in [1.165, 1.54) is 18.2 Å². The summed E-state index contributed by atoms with van der Waals surface area (Å²) in [4.78, 5) is 14.8. The summed E-state index contributed by atoms with van der Waals surface area (Å²) in [6.45, 7) is 1.11. The summed E-state index contributed by atoms with van der Waals surface area (Å²) in [7, 11) is 0. The number of rotatable bonds is 6. The van der Waals surface area contributed by atoms with Crippen LogP contribution in [0, 0.1) is 5.82 Å². The molecule has 0 saturated carbocycles. The predicted octanol–water partition coefficient (Wildman–Crippen LogP) is 4.99. The number of amides is 1. The molecule has 7 nitrogen and oxygen atoms in total. The Morgan fingerprint density at radius 2 is 1.83 bits per heavy atom. The normalized spacial score (nSPS) is 12.9. The van der Waals surface area contributed by atoms with E-state index < -0.39 is 5.82 Å². The van der Waals surface area contributed by atoms with Gasteiger partial charge in [-0.15, -0.1) is 0 Å². The van der Waals surface area contributed by atoms with Crippen molar-refractivity contribution in [3.8, 4) is 28.5 Å². The zero-order chi connectivity index (χ0) is 25.2. The highest BCUT2D eigenvalue weighted by atomic mass is 35.5. The number of nitrogens with one attached hydrogen (secondary N) is 1. The number of aromatic hydroxyl groups is 2. The number of phenolic OH excluding ortho intramolecular Hbond substituents is 2. The first-order valence-corrected chi connectivity index (χ1v) is 11.8. The molecule has 0 saturated heterocycles. The van der Waals surface area contributed by atoms with E-state index >= 15 is 0 Å². The Morgan fingerprint density at radius 3 is 2.61 bits per heavy atom. The number of carbonyl (C=O) groups is 1. The number of carbonyl (C=O) groups excluding carboxylic acids is 1. The number of aromatic amines is 1. The third-order valence-corrected chi connectivity index (χ3v) is 6.52. The molecule has 0 bridgehead atoms. The number of H-pyrrole nitrogens is 1. The molecule has 4 aromatic rings. The Kier molecular flexibility index (Phi) is 6.52. The first-order valence-electron chi connectivity index (χ1n) is 11.4. The summed E-state index contributed by atoms with van der Waals surface area (Å²) in [5.41, 5.74) is 4.33. The number of para-hydroxylation sites is 1. The van der Waals surface area contributed by atoms with Crippen LogP contribution in [0.1, 0.15) is 22.4 Å². The number of nitrogens with zero attached hydrogens (tertiary/aromatic N) is 2. The van der Waals surface area contributed by atoms with E-state index in [0.29, 0.717) is 30.8 Å².